The molecular weight excluding hydrogens is 226 g/mol. The van der Waals surface area contributed by atoms with Crippen molar-refractivity contribution >= 4 is 11.7 Å². The van der Waals surface area contributed by atoms with E-state index in [9.17, 15) is 4.79 Å². The summed E-state index contributed by atoms with van der Waals surface area (Å²) in [6, 6.07) is 9.87. The Morgan fingerprint density at radius 1 is 1.33 bits per heavy atom. The first-order valence-corrected chi connectivity index (χ1v) is 6.25. The monoisotopic (exact) mass is 243 g/mol. The number of nitrogens with zero attached hydrogens (tertiary/aromatic N) is 1. The van der Waals surface area contributed by atoms with Crippen molar-refractivity contribution in [2.45, 2.75) is 26.2 Å². The van der Waals surface area contributed by atoms with Gasteiger partial charge in [-0.2, -0.15) is 0 Å². The molecule has 0 fully saturated rings. The van der Waals surface area contributed by atoms with Crippen LogP contribution in [0.3, 0.4) is 0 Å². The first-order valence-electron chi connectivity index (χ1n) is 6.25. The molecule has 3 heteroatoms. The maximum Gasteiger partial charge on any atom is 0.331 e. The van der Waals surface area contributed by atoms with E-state index in [1.807, 2.05) is 30.3 Å². The van der Waals surface area contributed by atoms with E-state index in [0.29, 0.717) is 0 Å². The number of carbonyl (C=O) groups excluding carboxylic acids is 1. The van der Waals surface area contributed by atoms with E-state index in [0.717, 1.165) is 30.5 Å². The highest BCUT2D eigenvalue weighted by Gasteiger charge is 2.18. The van der Waals surface area contributed by atoms with Crippen LogP contribution in [0.2, 0.25) is 0 Å². The summed E-state index contributed by atoms with van der Waals surface area (Å²) >= 11 is 0. The molecule has 0 radical (unpaired) electrons. The number of hydrogen-bond acceptors (Lipinski definition) is 3. The largest absolute Gasteiger partial charge is 0.331 e. The van der Waals surface area contributed by atoms with Crippen molar-refractivity contribution in [3.8, 4) is 0 Å². The predicted molar refractivity (Wildman–Crippen MR) is 71.2 cm³/mol. The molecule has 1 unspecified atom stereocenters. The number of oxime groups is 1. The van der Waals surface area contributed by atoms with E-state index in [2.05, 4.69) is 17.3 Å². The third-order valence-corrected chi connectivity index (χ3v) is 2.95. The number of benzene rings is 1. The number of allylic oxidation sites excluding steroid dienone is 2. The van der Waals surface area contributed by atoms with Crippen molar-refractivity contribution in [1.29, 1.82) is 0 Å². The fraction of sp³-hybridized carbons (Fsp3) is 0.333. The highest BCUT2D eigenvalue weighted by atomic mass is 16.7. The van der Waals surface area contributed by atoms with Gasteiger partial charge in [0.15, 0.2) is 0 Å². The van der Waals surface area contributed by atoms with Gasteiger partial charge in [-0.3, -0.25) is 0 Å². The third-order valence-electron chi connectivity index (χ3n) is 2.95. The normalized spacial score (nSPS) is 19.6. The van der Waals surface area contributed by atoms with Gasteiger partial charge in [-0.05, 0) is 24.8 Å². The summed E-state index contributed by atoms with van der Waals surface area (Å²) in [7, 11) is 0. The number of carbonyl (C=O) groups is 1. The Hall–Kier alpha value is -1.90. The summed E-state index contributed by atoms with van der Waals surface area (Å²) in [5.41, 5.74) is 1.84. The van der Waals surface area contributed by atoms with Gasteiger partial charge in [0, 0.05) is 12.8 Å². The Balaban J connectivity index is 2.28. The van der Waals surface area contributed by atoms with E-state index in [-0.39, 0.29) is 11.9 Å². The van der Waals surface area contributed by atoms with Crippen LogP contribution in [0.1, 0.15) is 31.7 Å². The Bertz CT molecular complexity index is 463. The average molecular weight is 243 g/mol. The van der Waals surface area contributed by atoms with Gasteiger partial charge < -0.3 is 4.84 Å². The lowest BCUT2D eigenvalue weighted by Crippen LogP contribution is -2.17. The van der Waals surface area contributed by atoms with E-state index in [1.54, 1.807) is 0 Å². The average Bonchev–Trinajstić information content (AvgIpc) is 2.41. The van der Waals surface area contributed by atoms with Crippen LogP contribution >= 0.6 is 0 Å². The zero-order chi connectivity index (χ0) is 12.8. The lowest BCUT2D eigenvalue weighted by atomic mass is 9.88. The predicted octanol–water partition coefficient (Wildman–Crippen LogP) is 3.31. The van der Waals surface area contributed by atoms with Gasteiger partial charge in [-0.1, -0.05) is 47.6 Å². The van der Waals surface area contributed by atoms with Crippen LogP contribution in [0.25, 0.3) is 0 Å². The van der Waals surface area contributed by atoms with Crippen LogP contribution < -0.4 is 0 Å². The molecule has 0 bridgehead atoms. The van der Waals surface area contributed by atoms with Gasteiger partial charge in [0.2, 0.25) is 0 Å². The second-order valence-corrected chi connectivity index (χ2v) is 4.39. The molecule has 1 atom stereocenters. The van der Waals surface area contributed by atoms with Crippen LogP contribution in [0, 0.1) is 5.92 Å². The third kappa shape index (κ3) is 3.29. The van der Waals surface area contributed by atoms with Crippen molar-refractivity contribution in [3.05, 3.63) is 48.0 Å². The number of rotatable bonds is 3. The second-order valence-electron chi connectivity index (χ2n) is 4.39. The zero-order valence-corrected chi connectivity index (χ0v) is 10.5. The second kappa shape index (κ2) is 6.15. The van der Waals surface area contributed by atoms with Gasteiger partial charge in [0.05, 0.1) is 5.71 Å². The minimum Gasteiger partial charge on any atom is -0.318 e. The van der Waals surface area contributed by atoms with E-state index in [4.69, 9.17) is 4.84 Å². The zero-order valence-electron chi connectivity index (χ0n) is 10.5. The van der Waals surface area contributed by atoms with E-state index < -0.39 is 0 Å². The molecule has 0 amide bonds. The maximum absolute atomic E-state index is 10.9. The van der Waals surface area contributed by atoms with Crippen molar-refractivity contribution in [3.63, 3.8) is 0 Å². The molecule has 3 nitrogen and oxygen atoms in total. The molecule has 1 aromatic rings. The summed E-state index contributed by atoms with van der Waals surface area (Å²) in [5.74, 6) is -0.149. The molecule has 2 rings (SSSR count). The van der Waals surface area contributed by atoms with Crippen LogP contribution in [0.4, 0.5) is 0 Å². The molecule has 0 aliphatic heterocycles. The standard InChI is InChI=1S/C15H17NO2/c1-12(17)18-16-15(13-8-4-2-5-9-13)14-10-6-3-7-11-14/h2,4-6,8-10,14H,3,7,11H2,1H3/b16-15-. The minimum atomic E-state index is -0.386. The van der Waals surface area contributed by atoms with Gasteiger partial charge in [-0.15, -0.1) is 0 Å². The summed E-state index contributed by atoms with van der Waals surface area (Å²) in [6.07, 6.45) is 7.63. The Morgan fingerprint density at radius 3 is 2.72 bits per heavy atom. The topological polar surface area (TPSA) is 38.7 Å². The van der Waals surface area contributed by atoms with Gasteiger partial charge in [-0.25, -0.2) is 4.79 Å². The van der Waals surface area contributed by atoms with Crippen LogP contribution in [0.15, 0.2) is 47.6 Å². The van der Waals surface area contributed by atoms with E-state index in [1.165, 1.54) is 6.92 Å². The molecule has 0 saturated heterocycles. The van der Waals surface area contributed by atoms with Gasteiger partial charge in [0.25, 0.3) is 0 Å². The first kappa shape index (κ1) is 12.6. The maximum atomic E-state index is 10.9. The van der Waals surface area contributed by atoms with Crippen LogP contribution in [-0.4, -0.2) is 11.7 Å². The van der Waals surface area contributed by atoms with Crippen molar-refractivity contribution in [2.24, 2.45) is 11.1 Å². The summed E-state index contributed by atoms with van der Waals surface area (Å²) in [5, 5.41) is 4.03. The van der Waals surface area contributed by atoms with Gasteiger partial charge >= 0.3 is 5.97 Å². The molecule has 1 aliphatic rings. The van der Waals surface area contributed by atoms with Crippen molar-refractivity contribution < 1.29 is 9.63 Å². The molecule has 0 spiro atoms. The first-order chi connectivity index (χ1) is 8.77. The quantitative estimate of drug-likeness (QED) is 0.353. The fourth-order valence-electron chi connectivity index (χ4n) is 2.10. The molecule has 0 heterocycles. The molecule has 1 aliphatic carbocycles. The Morgan fingerprint density at radius 2 is 2.11 bits per heavy atom. The molecule has 1 aromatic carbocycles. The lowest BCUT2D eigenvalue weighted by molar-refractivity contribution is -0.140. The number of hydrogen-bond donors (Lipinski definition) is 0. The molecule has 18 heavy (non-hydrogen) atoms. The molecule has 0 saturated carbocycles. The van der Waals surface area contributed by atoms with Crippen molar-refractivity contribution in [2.75, 3.05) is 0 Å². The smallest absolute Gasteiger partial charge is 0.318 e. The molecule has 0 N–H and O–H groups in total. The van der Waals surface area contributed by atoms with Crippen LogP contribution in [-0.2, 0) is 9.63 Å². The molecular formula is C15H17NO2. The highest BCUT2D eigenvalue weighted by Crippen LogP contribution is 2.22. The molecule has 94 valence electrons. The summed E-state index contributed by atoms with van der Waals surface area (Å²) in [4.78, 5) is 15.7. The Kier molecular flexibility index (Phi) is 4.29. The summed E-state index contributed by atoms with van der Waals surface area (Å²) in [6.45, 7) is 1.36. The SMILES string of the molecule is CC(=O)O/N=C(/c1ccccc1)C1C=CCCC1. The van der Waals surface area contributed by atoms with Crippen molar-refractivity contribution in [1.82, 2.24) is 0 Å². The summed E-state index contributed by atoms with van der Waals surface area (Å²) < 4.78 is 0. The van der Waals surface area contributed by atoms with Crippen LogP contribution in [0.5, 0.6) is 0 Å². The van der Waals surface area contributed by atoms with E-state index >= 15 is 0 Å². The molecule has 0 aromatic heterocycles. The minimum absolute atomic E-state index is 0.237. The highest BCUT2D eigenvalue weighted by molar-refractivity contribution is 6.03. The fourth-order valence-corrected chi connectivity index (χ4v) is 2.10. The van der Waals surface area contributed by atoms with Gasteiger partial charge in [0.1, 0.15) is 0 Å². The lowest BCUT2D eigenvalue weighted by Gasteiger charge is -2.18. The Labute approximate surface area is 107 Å².